The minimum absolute atomic E-state index is 0.0517. The molecule has 0 aromatic heterocycles. The predicted molar refractivity (Wildman–Crippen MR) is 90.1 cm³/mol. The third-order valence-electron chi connectivity index (χ3n) is 3.07. The Hall–Kier alpha value is -2.60. The first kappa shape index (κ1) is 16.8. The van der Waals surface area contributed by atoms with Gasteiger partial charge in [0.05, 0.1) is 10.5 Å². The van der Waals surface area contributed by atoms with Crippen molar-refractivity contribution in [3.8, 4) is 0 Å². The van der Waals surface area contributed by atoms with E-state index < -0.39 is 10.9 Å². The van der Waals surface area contributed by atoms with Gasteiger partial charge in [-0.05, 0) is 36.1 Å². The third kappa shape index (κ3) is 4.96. The van der Waals surface area contributed by atoms with Crippen molar-refractivity contribution in [1.82, 2.24) is 0 Å². The van der Waals surface area contributed by atoms with Crippen LogP contribution in [0.15, 0.2) is 59.5 Å². The Kier molecular flexibility index (Phi) is 5.94. The van der Waals surface area contributed by atoms with E-state index in [1.807, 2.05) is 30.5 Å². The second-order valence-corrected chi connectivity index (χ2v) is 5.48. The molecule has 118 valence electrons. The highest BCUT2D eigenvalue weighted by atomic mass is 32.2. The third-order valence-corrected chi connectivity index (χ3v) is 3.82. The van der Waals surface area contributed by atoms with Crippen LogP contribution in [0.5, 0.6) is 0 Å². The highest BCUT2D eigenvalue weighted by Crippen LogP contribution is 2.19. The maximum Gasteiger partial charge on any atom is 0.331 e. The predicted octanol–water partition coefficient (Wildman–Crippen LogP) is 4.07. The van der Waals surface area contributed by atoms with Crippen LogP contribution in [-0.4, -0.2) is 17.1 Å². The molecule has 0 saturated carbocycles. The highest BCUT2D eigenvalue weighted by Gasteiger charge is 2.09. The molecule has 0 spiro atoms. The molecule has 2 aromatic rings. The molecular formula is C17H15NO4S. The molecule has 2 rings (SSSR count). The highest BCUT2D eigenvalue weighted by molar-refractivity contribution is 7.98. The molecule has 0 aliphatic carbocycles. The zero-order chi connectivity index (χ0) is 16.7. The van der Waals surface area contributed by atoms with Crippen molar-refractivity contribution in [3.63, 3.8) is 0 Å². The summed E-state index contributed by atoms with van der Waals surface area (Å²) in [6.07, 6.45) is 4.57. The SMILES string of the molecule is CSc1ccc(COC(=O)/C=C/c2ccccc2[N+](=O)[O-])cc1. The normalized spacial score (nSPS) is 10.7. The summed E-state index contributed by atoms with van der Waals surface area (Å²) >= 11 is 1.64. The zero-order valence-electron chi connectivity index (χ0n) is 12.5. The topological polar surface area (TPSA) is 69.4 Å². The van der Waals surface area contributed by atoms with Gasteiger partial charge >= 0.3 is 5.97 Å². The van der Waals surface area contributed by atoms with Gasteiger partial charge in [-0.25, -0.2) is 4.79 Å². The molecule has 23 heavy (non-hydrogen) atoms. The molecule has 0 fully saturated rings. The monoisotopic (exact) mass is 329 g/mol. The van der Waals surface area contributed by atoms with E-state index in [2.05, 4.69) is 0 Å². The summed E-state index contributed by atoms with van der Waals surface area (Å²) in [7, 11) is 0. The summed E-state index contributed by atoms with van der Waals surface area (Å²) in [5, 5.41) is 10.9. The van der Waals surface area contributed by atoms with E-state index in [4.69, 9.17) is 4.74 Å². The molecule has 0 radical (unpaired) electrons. The molecule has 5 nitrogen and oxygen atoms in total. The maximum atomic E-state index is 11.7. The molecule has 0 aliphatic rings. The maximum absolute atomic E-state index is 11.7. The molecule has 0 N–H and O–H groups in total. The van der Waals surface area contributed by atoms with E-state index in [1.165, 1.54) is 18.2 Å². The Morgan fingerprint density at radius 2 is 1.91 bits per heavy atom. The standard InChI is InChI=1S/C17H15NO4S/c1-23-15-9-6-13(7-10-15)12-22-17(19)11-8-14-4-2-3-5-16(14)18(20)21/h2-11H,12H2,1H3/b11-8+. The van der Waals surface area contributed by atoms with Crippen molar-refractivity contribution in [2.45, 2.75) is 11.5 Å². The minimum Gasteiger partial charge on any atom is -0.458 e. The first-order valence-corrected chi connectivity index (χ1v) is 8.04. The van der Waals surface area contributed by atoms with Crippen LogP contribution in [0.25, 0.3) is 6.08 Å². The van der Waals surface area contributed by atoms with E-state index in [0.29, 0.717) is 5.56 Å². The smallest absolute Gasteiger partial charge is 0.331 e. The quantitative estimate of drug-likeness (QED) is 0.263. The van der Waals surface area contributed by atoms with E-state index in [0.717, 1.165) is 10.5 Å². The number of benzene rings is 2. The van der Waals surface area contributed by atoms with Gasteiger partial charge in [0, 0.05) is 17.0 Å². The van der Waals surface area contributed by atoms with Gasteiger partial charge in [-0.1, -0.05) is 24.3 Å². The lowest BCUT2D eigenvalue weighted by Gasteiger charge is -2.03. The Bertz CT molecular complexity index is 726. The Balaban J connectivity index is 1.95. The summed E-state index contributed by atoms with van der Waals surface area (Å²) in [6.45, 7) is 0.161. The van der Waals surface area contributed by atoms with Crippen molar-refractivity contribution in [3.05, 3.63) is 75.8 Å². The van der Waals surface area contributed by atoms with Crippen LogP contribution in [0.1, 0.15) is 11.1 Å². The van der Waals surface area contributed by atoms with Gasteiger partial charge in [0.25, 0.3) is 5.69 Å². The number of para-hydroxylation sites is 1. The lowest BCUT2D eigenvalue weighted by Crippen LogP contribution is -2.00. The van der Waals surface area contributed by atoms with E-state index >= 15 is 0 Å². The number of nitro benzene ring substituents is 1. The van der Waals surface area contributed by atoms with Crippen LogP contribution >= 0.6 is 11.8 Å². The number of nitrogens with zero attached hydrogens (tertiary/aromatic N) is 1. The second kappa shape index (κ2) is 8.14. The number of esters is 1. The van der Waals surface area contributed by atoms with E-state index in [9.17, 15) is 14.9 Å². The number of rotatable bonds is 6. The molecule has 0 heterocycles. The molecule has 0 amide bonds. The molecule has 0 aliphatic heterocycles. The molecule has 0 saturated heterocycles. The second-order valence-electron chi connectivity index (χ2n) is 4.61. The molecule has 6 heteroatoms. The van der Waals surface area contributed by atoms with Crippen LogP contribution in [0.3, 0.4) is 0 Å². The summed E-state index contributed by atoms with van der Waals surface area (Å²) in [6, 6.07) is 13.9. The summed E-state index contributed by atoms with van der Waals surface area (Å²) < 4.78 is 5.12. The van der Waals surface area contributed by atoms with E-state index in [-0.39, 0.29) is 12.3 Å². The van der Waals surface area contributed by atoms with Crippen molar-refractivity contribution >= 4 is 29.5 Å². The average Bonchev–Trinajstić information content (AvgIpc) is 2.58. The largest absolute Gasteiger partial charge is 0.458 e. The van der Waals surface area contributed by atoms with Crippen LogP contribution in [0, 0.1) is 10.1 Å². The summed E-state index contributed by atoms with van der Waals surface area (Å²) in [4.78, 5) is 23.2. The summed E-state index contributed by atoms with van der Waals surface area (Å²) in [5.74, 6) is -0.544. The number of carbonyl (C=O) groups excluding carboxylic acids is 1. The van der Waals surface area contributed by atoms with Crippen molar-refractivity contribution in [2.24, 2.45) is 0 Å². The molecule has 0 atom stereocenters. The van der Waals surface area contributed by atoms with Gasteiger partial charge in [-0.15, -0.1) is 11.8 Å². The fourth-order valence-corrected chi connectivity index (χ4v) is 2.29. The van der Waals surface area contributed by atoms with Gasteiger partial charge in [0.2, 0.25) is 0 Å². The zero-order valence-corrected chi connectivity index (χ0v) is 13.3. The van der Waals surface area contributed by atoms with Crippen LogP contribution in [0.2, 0.25) is 0 Å². The number of nitro groups is 1. The Morgan fingerprint density at radius 3 is 2.57 bits per heavy atom. The molecule has 2 aromatic carbocycles. The van der Waals surface area contributed by atoms with Crippen molar-refractivity contribution in [1.29, 1.82) is 0 Å². The number of ether oxygens (including phenoxy) is 1. The minimum atomic E-state index is -0.544. The van der Waals surface area contributed by atoms with Crippen LogP contribution in [-0.2, 0) is 16.1 Å². The van der Waals surface area contributed by atoms with Gasteiger partial charge in [-0.2, -0.15) is 0 Å². The van der Waals surface area contributed by atoms with Gasteiger partial charge in [0.1, 0.15) is 6.61 Å². The van der Waals surface area contributed by atoms with Gasteiger partial charge in [-0.3, -0.25) is 10.1 Å². The lowest BCUT2D eigenvalue weighted by molar-refractivity contribution is -0.385. The van der Waals surface area contributed by atoms with Crippen LogP contribution < -0.4 is 0 Å². The number of hydrogen-bond acceptors (Lipinski definition) is 5. The molecule has 0 unspecified atom stereocenters. The summed E-state index contributed by atoms with van der Waals surface area (Å²) in [5.41, 5.74) is 1.19. The fraction of sp³-hybridized carbons (Fsp3) is 0.118. The van der Waals surface area contributed by atoms with Crippen LogP contribution in [0.4, 0.5) is 5.69 Å². The van der Waals surface area contributed by atoms with Gasteiger partial charge < -0.3 is 4.74 Å². The number of hydrogen-bond donors (Lipinski definition) is 0. The van der Waals surface area contributed by atoms with Gasteiger partial charge in [0.15, 0.2) is 0 Å². The first-order chi connectivity index (χ1) is 11.1. The van der Waals surface area contributed by atoms with E-state index in [1.54, 1.807) is 30.0 Å². The van der Waals surface area contributed by atoms with Crippen molar-refractivity contribution in [2.75, 3.05) is 6.26 Å². The Morgan fingerprint density at radius 1 is 1.22 bits per heavy atom. The number of carbonyl (C=O) groups is 1. The average molecular weight is 329 g/mol. The Labute approximate surface area is 138 Å². The molecular weight excluding hydrogens is 314 g/mol. The number of thioether (sulfide) groups is 1. The first-order valence-electron chi connectivity index (χ1n) is 6.81. The fourth-order valence-electron chi connectivity index (χ4n) is 1.88. The molecule has 0 bridgehead atoms. The van der Waals surface area contributed by atoms with Crippen molar-refractivity contribution < 1.29 is 14.5 Å². The lowest BCUT2D eigenvalue weighted by atomic mass is 10.1.